The van der Waals surface area contributed by atoms with Crippen LogP contribution >= 0.6 is 11.8 Å². The molecule has 0 bridgehead atoms. The Morgan fingerprint density at radius 1 is 1.44 bits per heavy atom. The highest BCUT2D eigenvalue weighted by Crippen LogP contribution is 2.33. The van der Waals surface area contributed by atoms with E-state index in [2.05, 4.69) is 0 Å². The van der Waals surface area contributed by atoms with Gasteiger partial charge in [-0.05, 0) is 18.4 Å². The van der Waals surface area contributed by atoms with E-state index >= 15 is 0 Å². The lowest BCUT2D eigenvalue weighted by Crippen LogP contribution is -2.06. The third kappa shape index (κ3) is 2.60. The number of nitrogens with zero attached hydrogens (tertiary/aromatic N) is 1. The van der Waals surface area contributed by atoms with Gasteiger partial charge in [0.15, 0.2) is 0 Å². The van der Waals surface area contributed by atoms with Crippen LogP contribution in [0.15, 0.2) is 12.1 Å². The number of halogens is 2. The van der Waals surface area contributed by atoms with Crippen molar-refractivity contribution in [2.24, 2.45) is 0 Å². The van der Waals surface area contributed by atoms with Crippen LogP contribution in [0.1, 0.15) is 15.7 Å². The lowest BCUT2D eigenvalue weighted by atomic mass is 10.1. The van der Waals surface area contributed by atoms with Crippen molar-refractivity contribution in [3.8, 4) is 6.07 Å². The lowest BCUT2D eigenvalue weighted by Gasteiger charge is -2.13. The van der Waals surface area contributed by atoms with Gasteiger partial charge in [-0.1, -0.05) is 0 Å². The highest BCUT2D eigenvalue weighted by Gasteiger charge is 2.23. The Kier molecular flexibility index (Phi) is 4.44. The number of thioether (sulfide) groups is 1. The van der Waals surface area contributed by atoms with Crippen molar-refractivity contribution in [1.29, 1.82) is 5.26 Å². The molecule has 0 fully saturated rings. The van der Waals surface area contributed by atoms with Gasteiger partial charge < -0.3 is 0 Å². The molecule has 0 aliphatic heterocycles. The molecule has 0 aliphatic carbocycles. The Hall–Kier alpha value is -0.930. The fourth-order valence-corrected chi connectivity index (χ4v) is 3.40. The van der Waals surface area contributed by atoms with E-state index in [9.17, 15) is 13.0 Å². The summed E-state index contributed by atoms with van der Waals surface area (Å²) < 4.78 is 37.7. The van der Waals surface area contributed by atoms with Gasteiger partial charge >= 0.3 is 0 Å². The molecule has 0 heterocycles. The van der Waals surface area contributed by atoms with Crippen LogP contribution in [0.5, 0.6) is 0 Å². The first-order valence-corrected chi connectivity index (χ1v) is 7.16. The first-order chi connectivity index (χ1) is 7.51. The molecule has 1 aromatic carbocycles. The summed E-state index contributed by atoms with van der Waals surface area (Å²) in [5, 5.41) is 8.53. The van der Waals surface area contributed by atoms with Crippen molar-refractivity contribution in [1.82, 2.24) is 0 Å². The van der Waals surface area contributed by atoms with Crippen LogP contribution in [0.4, 0.5) is 8.78 Å². The Labute approximate surface area is 99.1 Å². The van der Waals surface area contributed by atoms with Crippen LogP contribution in [-0.2, 0) is 10.8 Å². The van der Waals surface area contributed by atoms with E-state index < -0.39 is 27.0 Å². The largest absolute Gasteiger partial charge is 0.258 e. The monoisotopic (exact) mass is 261 g/mol. The van der Waals surface area contributed by atoms with Crippen molar-refractivity contribution >= 4 is 22.6 Å². The predicted molar refractivity (Wildman–Crippen MR) is 61.4 cm³/mol. The van der Waals surface area contributed by atoms with Gasteiger partial charge in [0.25, 0.3) is 0 Å². The van der Waals surface area contributed by atoms with Crippen LogP contribution in [0.2, 0.25) is 0 Å². The summed E-state index contributed by atoms with van der Waals surface area (Å²) in [5.74, 6) is -1.66. The van der Waals surface area contributed by atoms with Crippen LogP contribution < -0.4 is 0 Å². The smallest absolute Gasteiger partial charge is 0.132 e. The number of hydrogen-bond donors (Lipinski definition) is 0. The first kappa shape index (κ1) is 13.1. The fraction of sp³-hybridized carbons (Fsp3) is 0.300. The highest BCUT2D eigenvalue weighted by atomic mass is 32.2. The number of rotatable bonds is 3. The van der Waals surface area contributed by atoms with Gasteiger partial charge in [0.05, 0.1) is 11.6 Å². The Bertz CT molecular complexity index is 447. The average molecular weight is 261 g/mol. The van der Waals surface area contributed by atoms with E-state index in [4.69, 9.17) is 5.26 Å². The summed E-state index contributed by atoms with van der Waals surface area (Å²) in [6.45, 7) is 0. The number of benzene rings is 1. The van der Waals surface area contributed by atoms with Crippen molar-refractivity contribution in [2.75, 3.05) is 12.5 Å². The predicted octanol–water partition coefficient (Wildman–Crippen LogP) is 2.58. The van der Waals surface area contributed by atoms with Crippen molar-refractivity contribution in [2.45, 2.75) is 4.58 Å². The molecule has 0 saturated heterocycles. The van der Waals surface area contributed by atoms with Gasteiger partial charge in [-0.25, -0.2) is 8.78 Å². The highest BCUT2D eigenvalue weighted by molar-refractivity contribution is 8.10. The molecule has 86 valence electrons. The summed E-state index contributed by atoms with van der Waals surface area (Å²) in [4.78, 5) is 0. The Balaban J connectivity index is 3.34. The molecule has 0 amide bonds. The normalized spacial score (nSPS) is 14.2. The van der Waals surface area contributed by atoms with Crippen LogP contribution in [-0.4, -0.2) is 16.7 Å². The molecule has 6 heteroatoms. The molecule has 0 spiro atoms. The van der Waals surface area contributed by atoms with Gasteiger partial charge in [0.2, 0.25) is 0 Å². The van der Waals surface area contributed by atoms with E-state index in [1.165, 1.54) is 6.26 Å². The van der Waals surface area contributed by atoms with Crippen LogP contribution in [0.3, 0.4) is 0 Å². The van der Waals surface area contributed by atoms with Gasteiger partial charge in [0.1, 0.15) is 16.2 Å². The zero-order chi connectivity index (χ0) is 12.3. The maximum Gasteiger partial charge on any atom is 0.132 e. The molecule has 0 N–H and O–H groups in total. The first-order valence-electron chi connectivity index (χ1n) is 4.25. The topological polar surface area (TPSA) is 40.9 Å². The van der Waals surface area contributed by atoms with Crippen molar-refractivity contribution in [3.05, 3.63) is 34.9 Å². The van der Waals surface area contributed by atoms with E-state index in [0.29, 0.717) is 0 Å². The lowest BCUT2D eigenvalue weighted by molar-refractivity contribution is 0.562. The Morgan fingerprint density at radius 3 is 2.25 bits per heavy atom. The van der Waals surface area contributed by atoms with E-state index in [1.807, 2.05) is 0 Å². The summed E-state index contributed by atoms with van der Waals surface area (Å²) >= 11 is 1.11. The molecule has 2 nitrogen and oxygen atoms in total. The summed E-state index contributed by atoms with van der Waals surface area (Å²) in [7, 11) is -1.38. The second kappa shape index (κ2) is 5.41. The molecule has 0 aliphatic rings. The third-order valence-corrected chi connectivity index (χ3v) is 4.85. The molecule has 0 radical (unpaired) electrons. The minimum Gasteiger partial charge on any atom is -0.258 e. The van der Waals surface area contributed by atoms with Crippen LogP contribution in [0, 0.1) is 23.0 Å². The standard InChI is InChI=1S/C10H9F2NOS2/c1-15-10(16(2)14)9-7(11)3-6(5-13)4-8(9)12/h3-4,10H,1-2H3. The van der Waals surface area contributed by atoms with E-state index in [0.717, 1.165) is 23.9 Å². The van der Waals surface area contributed by atoms with Crippen molar-refractivity contribution < 1.29 is 13.0 Å². The zero-order valence-corrected chi connectivity index (χ0v) is 10.3. The summed E-state index contributed by atoms with van der Waals surface area (Å²) in [6.07, 6.45) is 3.02. The molecule has 1 rings (SSSR count). The van der Waals surface area contributed by atoms with Crippen molar-refractivity contribution in [3.63, 3.8) is 0 Å². The number of hydrogen-bond acceptors (Lipinski definition) is 3. The quantitative estimate of drug-likeness (QED) is 0.839. The second-order valence-electron chi connectivity index (χ2n) is 3.03. The third-order valence-electron chi connectivity index (χ3n) is 1.96. The summed E-state index contributed by atoms with van der Waals surface area (Å²) in [6, 6.07) is 3.57. The zero-order valence-electron chi connectivity index (χ0n) is 8.66. The molecule has 0 aromatic heterocycles. The molecule has 1 aromatic rings. The van der Waals surface area contributed by atoms with Gasteiger partial charge in [-0.15, -0.1) is 11.8 Å². The number of nitriles is 1. The second-order valence-corrected chi connectivity index (χ2v) is 5.74. The molecule has 2 atom stereocenters. The van der Waals surface area contributed by atoms with Gasteiger partial charge in [-0.3, -0.25) is 4.21 Å². The summed E-state index contributed by atoms with van der Waals surface area (Å²) in [5.41, 5.74) is -0.312. The van der Waals surface area contributed by atoms with E-state index in [-0.39, 0.29) is 11.1 Å². The molecule has 0 saturated carbocycles. The minimum absolute atomic E-state index is 0.0829. The van der Waals surface area contributed by atoms with E-state index in [1.54, 1.807) is 12.3 Å². The van der Waals surface area contributed by atoms with Gasteiger partial charge in [0, 0.05) is 22.6 Å². The SMILES string of the molecule is CSC(c1c(F)cc(C#N)cc1F)S(C)=O. The van der Waals surface area contributed by atoms with Gasteiger partial charge in [-0.2, -0.15) is 5.26 Å². The molecule has 2 unspecified atom stereocenters. The fourth-order valence-electron chi connectivity index (χ4n) is 1.29. The average Bonchev–Trinajstić information content (AvgIpc) is 2.22. The molecular weight excluding hydrogens is 252 g/mol. The van der Waals surface area contributed by atoms with Crippen LogP contribution in [0.25, 0.3) is 0 Å². The minimum atomic E-state index is -1.38. The maximum atomic E-state index is 13.6. The molecular formula is C10H9F2NOS2. The maximum absolute atomic E-state index is 13.6. The molecule has 16 heavy (non-hydrogen) atoms. The Morgan fingerprint density at radius 2 is 1.94 bits per heavy atom.